The third-order valence-electron chi connectivity index (χ3n) is 2.96. The molecule has 0 bridgehead atoms. The van der Waals surface area contributed by atoms with Gasteiger partial charge in [-0.1, -0.05) is 33.6 Å². The number of nitrogens with one attached hydrogen (secondary N) is 2. The van der Waals surface area contributed by atoms with E-state index in [1.165, 1.54) is 11.3 Å². The van der Waals surface area contributed by atoms with Gasteiger partial charge in [-0.25, -0.2) is 9.97 Å². The van der Waals surface area contributed by atoms with E-state index in [0.29, 0.717) is 21.7 Å². The Balaban J connectivity index is 1.59. The van der Waals surface area contributed by atoms with Gasteiger partial charge in [-0.2, -0.15) is 0 Å². The molecule has 8 heteroatoms. The molecule has 0 atom stereocenters. The number of benzene rings is 1. The van der Waals surface area contributed by atoms with Crippen LogP contribution in [0.4, 0.5) is 16.6 Å². The van der Waals surface area contributed by atoms with E-state index >= 15 is 0 Å². The van der Waals surface area contributed by atoms with Crippen LogP contribution in [-0.4, -0.2) is 15.9 Å². The van der Waals surface area contributed by atoms with E-state index in [9.17, 15) is 4.79 Å². The van der Waals surface area contributed by atoms with Crippen LogP contribution in [0.3, 0.4) is 0 Å². The molecule has 3 rings (SSSR count). The molecule has 2 aromatic heterocycles. The molecule has 24 heavy (non-hydrogen) atoms. The molecular formula is C16H12BrClN4OS. The maximum atomic E-state index is 12.1. The molecule has 122 valence electrons. The molecule has 1 aromatic carbocycles. The fourth-order valence-electron chi connectivity index (χ4n) is 1.94. The van der Waals surface area contributed by atoms with Crippen molar-refractivity contribution in [3.05, 3.63) is 63.2 Å². The van der Waals surface area contributed by atoms with Gasteiger partial charge in [0.2, 0.25) is 5.91 Å². The van der Waals surface area contributed by atoms with Gasteiger partial charge in [0, 0.05) is 21.7 Å². The first-order chi connectivity index (χ1) is 11.6. The number of halogens is 2. The summed E-state index contributed by atoms with van der Waals surface area (Å²) in [5.74, 6) is 0.536. The summed E-state index contributed by atoms with van der Waals surface area (Å²) < 4.78 is 0.913. The molecular weight excluding hydrogens is 412 g/mol. The number of carbonyl (C=O) groups excluding carboxylic acids is 1. The monoisotopic (exact) mass is 422 g/mol. The van der Waals surface area contributed by atoms with Crippen molar-refractivity contribution in [1.82, 2.24) is 9.97 Å². The molecule has 2 N–H and O–H groups in total. The van der Waals surface area contributed by atoms with Gasteiger partial charge in [-0.05, 0) is 30.3 Å². The fraction of sp³-hybridized carbons (Fsp3) is 0.0625. The highest BCUT2D eigenvalue weighted by atomic mass is 79.9. The van der Waals surface area contributed by atoms with Crippen molar-refractivity contribution in [3.8, 4) is 0 Å². The van der Waals surface area contributed by atoms with E-state index in [1.807, 2.05) is 29.6 Å². The van der Waals surface area contributed by atoms with Crippen LogP contribution < -0.4 is 10.6 Å². The number of amides is 1. The summed E-state index contributed by atoms with van der Waals surface area (Å²) in [4.78, 5) is 20.6. The summed E-state index contributed by atoms with van der Waals surface area (Å²) in [5, 5.41) is 9.02. The molecule has 0 aliphatic heterocycles. The number of carbonyl (C=O) groups is 1. The lowest BCUT2D eigenvalue weighted by atomic mass is 10.3. The van der Waals surface area contributed by atoms with Gasteiger partial charge < -0.3 is 10.6 Å². The topological polar surface area (TPSA) is 66.9 Å². The molecule has 0 radical (unpaired) electrons. The Bertz CT molecular complexity index is 853. The summed E-state index contributed by atoms with van der Waals surface area (Å²) in [6, 6.07) is 11.0. The number of anilines is 3. The normalized spacial score (nSPS) is 10.4. The zero-order chi connectivity index (χ0) is 16.9. The SMILES string of the molecule is O=C(Cc1csc(Nc2ccc(Cl)cn2)n1)Nc1cccc(Br)c1. The summed E-state index contributed by atoms with van der Waals surface area (Å²) >= 11 is 10.6. The predicted molar refractivity (Wildman–Crippen MR) is 101 cm³/mol. The van der Waals surface area contributed by atoms with E-state index in [0.717, 1.165) is 10.2 Å². The third kappa shape index (κ3) is 4.77. The van der Waals surface area contributed by atoms with Crippen LogP contribution in [0.25, 0.3) is 0 Å². The maximum Gasteiger partial charge on any atom is 0.230 e. The molecule has 5 nitrogen and oxygen atoms in total. The fourth-order valence-corrected chi connectivity index (χ4v) is 3.17. The molecule has 0 aliphatic carbocycles. The molecule has 0 aliphatic rings. The van der Waals surface area contributed by atoms with Gasteiger partial charge in [0.25, 0.3) is 0 Å². The molecule has 0 unspecified atom stereocenters. The number of aromatic nitrogens is 2. The summed E-state index contributed by atoms with van der Waals surface area (Å²) in [7, 11) is 0. The molecule has 3 aromatic rings. The van der Waals surface area contributed by atoms with Gasteiger partial charge in [0.15, 0.2) is 5.13 Å². The molecule has 0 fully saturated rings. The van der Waals surface area contributed by atoms with Crippen molar-refractivity contribution in [2.75, 3.05) is 10.6 Å². The molecule has 0 saturated heterocycles. The lowest BCUT2D eigenvalue weighted by Gasteiger charge is -2.04. The van der Waals surface area contributed by atoms with Crippen LogP contribution in [0.1, 0.15) is 5.69 Å². The Kier molecular flexibility index (Phi) is 5.44. The second kappa shape index (κ2) is 7.74. The Labute approximate surface area is 156 Å². The van der Waals surface area contributed by atoms with E-state index in [2.05, 4.69) is 36.5 Å². The molecule has 0 saturated carbocycles. The van der Waals surface area contributed by atoms with Crippen LogP contribution >= 0.6 is 38.9 Å². The quantitative estimate of drug-likeness (QED) is 0.614. The smallest absolute Gasteiger partial charge is 0.230 e. The van der Waals surface area contributed by atoms with Crippen LogP contribution in [0.2, 0.25) is 5.02 Å². The Morgan fingerprint density at radius 2 is 2.17 bits per heavy atom. The van der Waals surface area contributed by atoms with Gasteiger partial charge in [-0.3, -0.25) is 4.79 Å². The maximum absolute atomic E-state index is 12.1. The number of hydrogen-bond donors (Lipinski definition) is 2. The highest BCUT2D eigenvalue weighted by Gasteiger charge is 2.09. The lowest BCUT2D eigenvalue weighted by Crippen LogP contribution is -2.14. The average Bonchev–Trinajstić information content (AvgIpc) is 2.96. The minimum absolute atomic E-state index is 0.116. The predicted octanol–water partition coefficient (Wildman–Crippen LogP) is 4.88. The summed E-state index contributed by atoms with van der Waals surface area (Å²) in [6.45, 7) is 0. The zero-order valence-electron chi connectivity index (χ0n) is 12.3. The standard InChI is InChI=1S/C16H12BrClN4OS/c17-10-2-1-3-12(6-10)20-15(23)7-13-9-24-16(21-13)22-14-5-4-11(18)8-19-14/h1-6,8-9H,7H2,(H,20,23)(H,19,21,22). The zero-order valence-corrected chi connectivity index (χ0v) is 15.5. The number of pyridine rings is 1. The average molecular weight is 424 g/mol. The molecule has 2 heterocycles. The van der Waals surface area contributed by atoms with Crippen LogP contribution in [0, 0.1) is 0 Å². The number of hydrogen-bond acceptors (Lipinski definition) is 5. The highest BCUT2D eigenvalue weighted by molar-refractivity contribution is 9.10. The van der Waals surface area contributed by atoms with Gasteiger partial charge in [0.05, 0.1) is 17.1 Å². The first-order valence-electron chi connectivity index (χ1n) is 6.97. The van der Waals surface area contributed by atoms with Gasteiger partial charge in [0.1, 0.15) is 5.82 Å². The number of thiazole rings is 1. The Morgan fingerprint density at radius 1 is 1.29 bits per heavy atom. The summed E-state index contributed by atoms with van der Waals surface area (Å²) in [5.41, 5.74) is 1.44. The third-order valence-corrected chi connectivity index (χ3v) is 4.49. The van der Waals surface area contributed by atoms with Crippen molar-refractivity contribution in [3.63, 3.8) is 0 Å². The molecule has 1 amide bonds. The lowest BCUT2D eigenvalue weighted by molar-refractivity contribution is -0.115. The Hall–Kier alpha value is -1.96. The van der Waals surface area contributed by atoms with Gasteiger partial charge in [-0.15, -0.1) is 11.3 Å². The molecule has 0 spiro atoms. The van der Waals surface area contributed by atoms with E-state index in [1.54, 1.807) is 18.3 Å². The minimum atomic E-state index is -0.116. The van der Waals surface area contributed by atoms with Crippen molar-refractivity contribution in [1.29, 1.82) is 0 Å². The van der Waals surface area contributed by atoms with Crippen molar-refractivity contribution in [2.45, 2.75) is 6.42 Å². The summed E-state index contributed by atoms with van der Waals surface area (Å²) in [6.07, 6.45) is 1.77. The first kappa shape index (κ1) is 16.9. The van der Waals surface area contributed by atoms with Gasteiger partial charge >= 0.3 is 0 Å². The number of nitrogens with zero attached hydrogens (tertiary/aromatic N) is 2. The minimum Gasteiger partial charge on any atom is -0.326 e. The largest absolute Gasteiger partial charge is 0.326 e. The second-order valence-corrected chi connectivity index (χ2v) is 7.08. The van der Waals surface area contributed by atoms with Crippen LogP contribution in [0.5, 0.6) is 0 Å². The van der Waals surface area contributed by atoms with Crippen molar-refractivity contribution in [2.24, 2.45) is 0 Å². The second-order valence-electron chi connectivity index (χ2n) is 4.87. The Morgan fingerprint density at radius 3 is 2.92 bits per heavy atom. The van der Waals surface area contributed by atoms with Crippen molar-refractivity contribution >= 4 is 61.4 Å². The van der Waals surface area contributed by atoms with Crippen LogP contribution in [-0.2, 0) is 11.2 Å². The van der Waals surface area contributed by atoms with E-state index < -0.39 is 0 Å². The highest BCUT2D eigenvalue weighted by Crippen LogP contribution is 2.21. The van der Waals surface area contributed by atoms with Crippen LogP contribution in [0.15, 0.2) is 52.4 Å². The van der Waals surface area contributed by atoms with Crippen molar-refractivity contribution < 1.29 is 4.79 Å². The van der Waals surface area contributed by atoms with E-state index in [-0.39, 0.29) is 12.3 Å². The number of rotatable bonds is 5. The first-order valence-corrected chi connectivity index (χ1v) is 9.02. The van der Waals surface area contributed by atoms with E-state index in [4.69, 9.17) is 11.6 Å².